The highest BCUT2D eigenvalue weighted by Gasteiger charge is 2.30. The topological polar surface area (TPSA) is 55.8 Å². The second-order valence-electron chi connectivity index (χ2n) is 7.18. The van der Waals surface area contributed by atoms with Crippen LogP contribution in [0.4, 0.5) is 17.6 Å². The SMILES string of the molecule is Cc1cc(OC(C)c2cc(-c3ccc(C(F)(F)F)cc3)ccc2F)ccc1OCC(=O)O. The molecule has 0 aliphatic rings. The Hall–Kier alpha value is -3.55. The van der Waals surface area contributed by atoms with Gasteiger partial charge in [0.1, 0.15) is 23.4 Å². The Balaban J connectivity index is 1.79. The molecule has 1 N–H and O–H groups in total. The predicted octanol–water partition coefficient (Wildman–Crippen LogP) is 6.42. The van der Waals surface area contributed by atoms with E-state index in [1.54, 1.807) is 38.1 Å². The molecule has 3 aromatic rings. The van der Waals surface area contributed by atoms with E-state index in [0.29, 0.717) is 28.2 Å². The predicted molar refractivity (Wildman–Crippen MR) is 110 cm³/mol. The fourth-order valence-corrected chi connectivity index (χ4v) is 3.15. The molecule has 0 aromatic heterocycles. The number of aliphatic carboxylic acids is 1. The van der Waals surface area contributed by atoms with E-state index in [4.69, 9.17) is 14.6 Å². The summed E-state index contributed by atoms with van der Waals surface area (Å²) in [6.45, 7) is 2.90. The molecule has 0 radical (unpaired) electrons. The van der Waals surface area contributed by atoms with Crippen molar-refractivity contribution in [1.82, 2.24) is 0 Å². The summed E-state index contributed by atoms with van der Waals surface area (Å²) in [5.74, 6) is -0.784. The average molecular weight is 448 g/mol. The minimum atomic E-state index is -4.43. The molecule has 3 aromatic carbocycles. The lowest BCUT2D eigenvalue weighted by atomic mass is 9.99. The number of hydrogen-bond acceptors (Lipinski definition) is 3. The normalized spacial score (nSPS) is 12.3. The second-order valence-corrected chi connectivity index (χ2v) is 7.18. The third-order valence-corrected chi connectivity index (χ3v) is 4.79. The molecule has 0 aliphatic heterocycles. The zero-order valence-electron chi connectivity index (χ0n) is 17.2. The average Bonchev–Trinajstić information content (AvgIpc) is 2.73. The third kappa shape index (κ3) is 5.57. The number of alkyl halides is 3. The van der Waals surface area contributed by atoms with Crippen LogP contribution in [0, 0.1) is 12.7 Å². The molecule has 0 heterocycles. The van der Waals surface area contributed by atoms with Gasteiger partial charge in [-0.1, -0.05) is 18.2 Å². The summed E-state index contributed by atoms with van der Waals surface area (Å²) in [6, 6.07) is 13.7. The first kappa shape index (κ1) is 23.1. The highest BCUT2D eigenvalue weighted by Crippen LogP contribution is 2.33. The van der Waals surface area contributed by atoms with Crippen LogP contribution in [0.25, 0.3) is 11.1 Å². The number of hydrogen-bond donors (Lipinski definition) is 1. The number of rotatable bonds is 7. The maximum Gasteiger partial charge on any atom is 0.416 e. The van der Waals surface area contributed by atoms with Crippen molar-refractivity contribution in [2.75, 3.05) is 6.61 Å². The Kier molecular flexibility index (Phi) is 6.72. The minimum Gasteiger partial charge on any atom is -0.486 e. The third-order valence-electron chi connectivity index (χ3n) is 4.79. The molecular weight excluding hydrogens is 428 g/mol. The zero-order chi connectivity index (χ0) is 23.5. The van der Waals surface area contributed by atoms with E-state index in [-0.39, 0.29) is 5.56 Å². The van der Waals surface area contributed by atoms with Gasteiger partial charge in [0.15, 0.2) is 6.61 Å². The van der Waals surface area contributed by atoms with Crippen LogP contribution in [0.2, 0.25) is 0 Å². The van der Waals surface area contributed by atoms with Crippen LogP contribution < -0.4 is 9.47 Å². The van der Waals surface area contributed by atoms with Crippen LogP contribution in [-0.2, 0) is 11.0 Å². The minimum absolute atomic E-state index is 0.242. The monoisotopic (exact) mass is 448 g/mol. The molecule has 32 heavy (non-hydrogen) atoms. The molecule has 0 fully saturated rings. The Labute approximate surface area is 182 Å². The van der Waals surface area contributed by atoms with Gasteiger partial charge in [-0.25, -0.2) is 9.18 Å². The van der Waals surface area contributed by atoms with Crippen LogP contribution in [0.5, 0.6) is 11.5 Å². The fraction of sp³-hybridized carbons (Fsp3) is 0.208. The van der Waals surface area contributed by atoms with Gasteiger partial charge in [-0.2, -0.15) is 13.2 Å². The summed E-state index contributed by atoms with van der Waals surface area (Å²) >= 11 is 0. The van der Waals surface area contributed by atoms with Crippen LogP contribution in [0.1, 0.15) is 29.7 Å². The molecular formula is C24H20F4O4. The standard InChI is InChI=1S/C24H20F4O4/c1-14-11-19(8-10-22(14)31-13-23(29)30)32-15(2)20-12-17(5-9-21(20)25)16-3-6-18(7-4-16)24(26,27)28/h3-12,15H,13H2,1-2H3,(H,29,30). The Morgan fingerprint density at radius 2 is 1.66 bits per heavy atom. The van der Waals surface area contributed by atoms with Gasteiger partial charge < -0.3 is 14.6 Å². The maximum atomic E-state index is 14.5. The number of carbonyl (C=O) groups is 1. The molecule has 8 heteroatoms. The smallest absolute Gasteiger partial charge is 0.416 e. The van der Waals surface area contributed by atoms with Crippen molar-refractivity contribution in [3.63, 3.8) is 0 Å². The number of aryl methyl sites for hydroxylation is 1. The molecule has 0 aliphatic carbocycles. The lowest BCUT2D eigenvalue weighted by molar-refractivity contribution is -0.139. The summed E-state index contributed by atoms with van der Waals surface area (Å²) in [5.41, 5.74) is 1.20. The van der Waals surface area contributed by atoms with Crippen molar-refractivity contribution in [3.05, 3.63) is 83.2 Å². The zero-order valence-corrected chi connectivity index (χ0v) is 17.2. The first-order valence-electron chi connectivity index (χ1n) is 9.63. The van der Waals surface area contributed by atoms with Gasteiger partial charge in [0, 0.05) is 5.56 Å². The van der Waals surface area contributed by atoms with E-state index in [2.05, 4.69) is 0 Å². The van der Waals surface area contributed by atoms with Crippen molar-refractivity contribution in [2.45, 2.75) is 26.1 Å². The van der Waals surface area contributed by atoms with Crippen molar-refractivity contribution in [2.24, 2.45) is 0 Å². The quantitative estimate of drug-likeness (QED) is 0.424. The molecule has 168 valence electrons. The number of carboxylic acid groups (broad SMARTS) is 1. The van der Waals surface area contributed by atoms with Gasteiger partial charge >= 0.3 is 12.1 Å². The summed E-state index contributed by atoms with van der Waals surface area (Å²) < 4.78 is 63.8. The van der Waals surface area contributed by atoms with E-state index in [9.17, 15) is 22.4 Å². The van der Waals surface area contributed by atoms with E-state index in [1.165, 1.54) is 24.3 Å². The maximum absolute atomic E-state index is 14.5. The van der Waals surface area contributed by atoms with E-state index in [1.807, 2.05) is 0 Å². The summed E-state index contributed by atoms with van der Waals surface area (Å²) in [6.07, 6.45) is -5.13. The first-order valence-corrected chi connectivity index (χ1v) is 9.63. The van der Waals surface area contributed by atoms with Crippen molar-refractivity contribution in [3.8, 4) is 22.6 Å². The van der Waals surface area contributed by atoms with Gasteiger partial charge in [-0.15, -0.1) is 0 Å². The van der Waals surface area contributed by atoms with Crippen LogP contribution in [0.15, 0.2) is 60.7 Å². The lowest BCUT2D eigenvalue weighted by Crippen LogP contribution is -2.10. The van der Waals surface area contributed by atoms with Crippen LogP contribution >= 0.6 is 0 Å². The highest BCUT2D eigenvalue weighted by molar-refractivity contribution is 5.68. The second kappa shape index (κ2) is 9.30. The van der Waals surface area contributed by atoms with E-state index in [0.717, 1.165) is 12.1 Å². The molecule has 4 nitrogen and oxygen atoms in total. The number of ether oxygens (including phenoxy) is 2. The molecule has 0 saturated heterocycles. The van der Waals surface area contributed by atoms with Crippen molar-refractivity contribution >= 4 is 5.97 Å². The summed E-state index contributed by atoms with van der Waals surface area (Å²) in [5, 5.41) is 8.71. The highest BCUT2D eigenvalue weighted by atomic mass is 19.4. The Morgan fingerprint density at radius 3 is 2.25 bits per heavy atom. The van der Waals surface area contributed by atoms with Gasteiger partial charge in [-0.3, -0.25) is 0 Å². The van der Waals surface area contributed by atoms with E-state index >= 15 is 0 Å². The number of benzene rings is 3. The fourth-order valence-electron chi connectivity index (χ4n) is 3.15. The molecule has 0 amide bonds. The summed E-state index contributed by atoms with van der Waals surface area (Å²) in [4.78, 5) is 10.6. The Bertz CT molecular complexity index is 1110. The van der Waals surface area contributed by atoms with Crippen molar-refractivity contribution in [1.29, 1.82) is 0 Å². The molecule has 0 spiro atoms. The number of halogens is 4. The van der Waals surface area contributed by atoms with Crippen LogP contribution in [0.3, 0.4) is 0 Å². The lowest BCUT2D eigenvalue weighted by Gasteiger charge is -2.18. The van der Waals surface area contributed by atoms with E-state index < -0.39 is 36.2 Å². The van der Waals surface area contributed by atoms with Gasteiger partial charge in [-0.05, 0) is 73.0 Å². The number of carboxylic acids is 1. The first-order chi connectivity index (χ1) is 15.0. The summed E-state index contributed by atoms with van der Waals surface area (Å²) in [7, 11) is 0. The molecule has 3 rings (SSSR count). The van der Waals surface area contributed by atoms with Gasteiger partial charge in [0.25, 0.3) is 0 Å². The van der Waals surface area contributed by atoms with Crippen LogP contribution in [-0.4, -0.2) is 17.7 Å². The van der Waals surface area contributed by atoms with Gasteiger partial charge in [0.2, 0.25) is 0 Å². The molecule has 0 saturated carbocycles. The molecule has 1 atom stereocenters. The van der Waals surface area contributed by atoms with Gasteiger partial charge in [0.05, 0.1) is 5.56 Å². The largest absolute Gasteiger partial charge is 0.486 e. The Morgan fingerprint density at radius 1 is 1.00 bits per heavy atom. The van der Waals surface area contributed by atoms with Crippen molar-refractivity contribution < 1.29 is 36.9 Å². The molecule has 1 unspecified atom stereocenters. The molecule has 0 bridgehead atoms.